The van der Waals surface area contributed by atoms with Gasteiger partial charge in [0.05, 0.1) is 14.5 Å². The van der Waals surface area contributed by atoms with Crippen LogP contribution in [0, 0.1) is 5.82 Å². The smallest absolute Gasteiger partial charge is 0.190 e. The van der Waals surface area contributed by atoms with Gasteiger partial charge in [0.15, 0.2) is 5.84 Å². The third kappa shape index (κ3) is 3.15. The van der Waals surface area contributed by atoms with Crippen LogP contribution in [0.3, 0.4) is 0 Å². The quantitative estimate of drug-likeness (QED) is 0.329. The Bertz CT molecular complexity index is 750. The number of amidine groups is 1. The van der Waals surface area contributed by atoms with E-state index in [0.717, 1.165) is 0 Å². The fourth-order valence-electron chi connectivity index (χ4n) is 1.77. The summed E-state index contributed by atoms with van der Waals surface area (Å²) in [4.78, 5) is 8.66. The molecule has 2 aromatic rings. The lowest BCUT2D eigenvalue weighted by atomic mass is 10.1. The summed E-state index contributed by atoms with van der Waals surface area (Å²) in [6, 6.07) is 4.24. The summed E-state index contributed by atoms with van der Waals surface area (Å²) in [5, 5.41) is 3.76. The molecule has 0 saturated heterocycles. The van der Waals surface area contributed by atoms with Crippen molar-refractivity contribution in [2.45, 2.75) is 0 Å². The number of oxime groups is 1. The predicted octanol–water partition coefficient (Wildman–Crippen LogP) is 4.88. The number of pyridine rings is 1. The number of aromatic nitrogens is 1. The van der Waals surface area contributed by atoms with Crippen LogP contribution in [0.25, 0.3) is 11.1 Å². The van der Waals surface area contributed by atoms with Gasteiger partial charge in [-0.2, -0.15) is 0 Å². The molecule has 0 atom stereocenters. The highest BCUT2D eigenvalue weighted by atomic mass is 79.9. The predicted molar refractivity (Wildman–Crippen MR) is 90.1 cm³/mol. The second-order valence-corrected chi connectivity index (χ2v) is 5.95. The van der Waals surface area contributed by atoms with Crippen molar-refractivity contribution >= 4 is 56.6 Å². The average Bonchev–Trinajstić information content (AvgIpc) is 2.46. The number of hydrogen-bond donors (Lipinski definition) is 1. The van der Waals surface area contributed by atoms with Crippen molar-refractivity contribution in [2.24, 2.45) is 10.9 Å². The Balaban J connectivity index is 2.76. The summed E-state index contributed by atoms with van der Waals surface area (Å²) in [6.07, 6.45) is 0. The Morgan fingerprint density at radius 1 is 1.32 bits per heavy atom. The molecule has 116 valence electrons. The monoisotopic (exact) mass is 425 g/mol. The largest absolute Gasteiger partial charge is 0.397 e. The summed E-state index contributed by atoms with van der Waals surface area (Å²) in [5.74, 6) is -0.611. The number of halogens is 5. The lowest BCUT2D eigenvalue weighted by Gasteiger charge is -2.13. The minimum absolute atomic E-state index is 0.0376. The average molecular weight is 427 g/mol. The minimum atomic E-state index is -0.573. The second kappa shape index (κ2) is 7.00. The molecular weight excluding hydrogens is 419 g/mol. The van der Waals surface area contributed by atoms with Crippen molar-refractivity contribution in [3.05, 3.63) is 49.4 Å². The molecule has 2 N–H and O–H groups in total. The summed E-state index contributed by atoms with van der Waals surface area (Å²) >= 11 is 21.7. The Hall–Kier alpha value is -1.08. The molecule has 0 aliphatic carbocycles. The van der Waals surface area contributed by atoms with E-state index in [1.807, 2.05) is 0 Å². The molecule has 2 rings (SSSR count). The molecule has 0 amide bonds. The van der Waals surface area contributed by atoms with E-state index in [4.69, 9.17) is 40.5 Å². The van der Waals surface area contributed by atoms with Gasteiger partial charge in [-0.15, -0.1) is 0 Å². The van der Waals surface area contributed by atoms with E-state index in [9.17, 15) is 4.39 Å². The first kappa shape index (κ1) is 17.3. The summed E-state index contributed by atoms with van der Waals surface area (Å²) in [5.41, 5.74) is 6.10. The van der Waals surface area contributed by atoms with Gasteiger partial charge in [-0.25, -0.2) is 9.37 Å². The molecule has 0 spiro atoms. The van der Waals surface area contributed by atoms with Crippen molar-refractivity contribution < 1.29 is 9.23 Å². The van der Waals surface area contributed by atoms with Crippen molar-refractivity contribution in [1.82, 2.24) is 4.98 Å². The van der Waals surface area contributed by atoms with E-state index < -0.39 is 5.82 Å². The summed E-state index contributed by atoms with van der Waals surface area (Å²) < 4.78 is 14.4. The van der Waals surface area contributed by atoms with Crippen LogP contribution in [0.2, 0.25) is 15.2 Å². The molecule has 0 saturated carbocycles. The zero-order chi connectivity index (χ0) is 16.4. The van der Waals surface area contributed by atoms with Crippen LogP contribution < -0.4 is 5.73 Å². The molecule has 22 heavy (non-hydrogen) atoms. The number of nitrogens with two attached hydrogens (primary N) is 1. The standard InChI is InChI=1S/C13H8BrCl3FN3O/c1-22-21-13(19)11-9(14)10(16)8(12(17)20-11)7-5(15)3-2-4-6(7)18/h2-4H,1H3,(H2,19,21). The SMILES string of the molecule is CON=C(N)c1nc(Cl)c(-c2c(F)cccc2Cl)c(Cl)c1Br. The van der Waals surface area contributed by atoms with Crippen LogP contribution in [0.5, 0.6) is 0 Å². The molecule has 0 bridgehead atoms. The molecule has 9 heteroatoms. The molecular formula is C13H8BrCl3FN3O. The van der Waals surface area contributed by atoms with Crippen molar-refractivity contribution in [1.29, 1.82) is 0 Å². The number of nitrogens with zero attached hydrogens (tertiary/aromatic N) is 2. The molecule has 1 aromatic heterocycles. The van der Waals surface area contributed by atoms with Gasteiger partial charge in [-0.05, 0) is 28.1 Å². The van der Waals surface area contributed by atoms with Gasteiger partial charge in [0, 0.05) is 11.1 Å². The molecule has 0 fully saturated rings. The normalized spacial score (nSPS) is 11.6. The van der Waals surface area contributed by atoms with E-state index in [1.54, 1.807) is 0 Å². The molecule has 1 heterocycles. The highest BCUT2D eigenvalue weighted by Crippen LogP contribution is 2.43. The molecule has 0 aliphatic rings. The van der Waals surface area contributed by atoms with Crippen LogP contribution in [0.15, 0.2) is 27.8 Å². The first-order chi connectivity index (χ1) is 10.4. The Morgan fingerprint density at radius 2 is 2.00 bits per heavy atom. The van der Waals surface area contributed by atoms with Gasteiger partial charge in [-0.1, -0.05) is 46.0 Å². The lowest BCUT2D eigenvalue weighted by molar-refractivity contribution is 0.213. The minimum Gasteiger partial charge on any atom is -0.397 e. The number of rotatable bonds is 3. The van der Waals surface area contributed by atoms with Crippen LogP contribution >= 0.6 is 50.7 Å². The molecule has 0 unspecified atom stereocenters. The van der Waals surface area contributed by atoms with Gasteiger partial charge < -0.3 is 10.6 Å². The second-order valence-electron chi connectivity index (χ2n) is 4.01. The zero-order valence-electron chi connectivity index (χ0n) is 11.0. The highest BCUT2D eigenvalue weighted by Gasteiger charge is 2.23. The first-order valence-corrected chi connectivity index (χ1v) is 7.67. The van der Waals surface area contributed by atoms with Gasteiger partial charge in [0.2, 0.25) is 0 Å². The summed E-state index contributed by atoms with van der Waals surface area (Å²) in [7, 11) is 1.33. The zero-order valence-corrected chi connectivity index (χ0v) is 14.9. The van der Waals surface area contributed by atoms with Gasteiger partial charge in [0.1, 0.15) is 23.8 Å². The molecule has 1 aromatic carbocycles. The molecule has 0 aliphatic heterocycles. The fraction of sp³-hybridized carbons (Fsp3) is 0.0769. The fourth-order valence-corrected chi connectivity index (χ4v) is 3.11. The topological polar surface area (TPSA) is 60.5 Å². The van der Waals surface area contributed by atoms with Gasteiger partial charge in [0.25, 0.3) is 0 Å². The maximum Gasteiger partial charge on any atom is 0.190 e. The number of hydrogen-bond acceptors (Lipinski definition) is 3. The van der Waals surface area contributed by atoms with Crippen molar-refractivity contribution in [3.63, 3.8) is 0 Å². The first-order valence-electron chi connectivity index (χ1n) is 5.74. The van der Waals surface area contributed by atoms with Crippen molar-refractivity contribution in [3.8, 4) is 11.1 Å². The Morgan fingerprint density at radius 3 is 2.59 bits per heavy atom. The Kier molecular flexibility index (Phi) is 5.50. The highest BCUT2D eigenvalue weighted by molar-refractivity contribution is 9.10. The van der Waals surface area contributed by atoms with E-state index >= 15 is 0 Å². The van der Waals surface area contributed by atoms with Gasteiger partial charge >= 0.3 is 0 Å². The van der Waals surface area contributed by atoms with E-state index in [1.165, 1.54) is 25.3 Å². The van der Waals surface area contributed by atoms with Gasteiger partial charge in [-0.3, -0.25) is 0 Å². The Labute approximate surface area is 149 Å². The van der Waals surface area contributed by atoms with Crippen LogP contribution in [0.1, 0.15) is 5.69 Å². The summed E-state index contributed by atoms with van der Waals surface area (Å²) in [6.45, 7) is 0. The van der Waals surface area contributed by atoms with E-state index in [2.05, 4.69) is 30.9 Å². The van der Waals surface area contributed by atoms with E-state index in [-0.39, 0.29) is 37.9 Å². The maximum atomic E-state index is 14.1. The molecule has 0 radical (unpaired) electrons. The van der Waals surface area contributed by atoms with Crippen LogP contribution in [-0.2, 0) is 4.84 Å². The van der Waals surface area contributed by atoms with Crippen molar-refractivity contribution in [2.75, 3.05) is 7.11 Å². The third-order valence-corrected chi connectivity index (χ3v) is 4.65. The maximum absolute atomic E-state index is 14.1. The third-order valence-electron chi connectivity index (χ3n) is 2.68. The lowest BCUT2D eigenvalue weighted by Crippen LogP contribution is -2.17. The molecule has 4 nitrogen and oxygen atoms in total. The van der Waals surface area contributed by atoms with Crippen LogP contribution in [0.4, 0.5) is 4.39 Å². The van der Waals surface area contributed by atoms with Crippen LogP contribution in [-0.4, -0.2) is 17.9 Å². The number of benzene rings is 1. The van der Waals surface area contributed by atoms with E-state index in [0.29, 0.717) is 4.47 Å².